The molecule has 1 aromatic carbocycles. The molecule has 28 heavy (non-hydrogen) atoms. The summed E-state index contributed by atoms with van der Waals surface area (Å²) < 4.78 is 44.4. The predicted octanol–water partition coefficient (Wildman–Crippen LogP) is 4.90. The van der Waals surface area contributed by atoms with Gasteiger partial charge in [0, 0.05) is 5.02 Å². The molecule has 2 unspecified atom stereocenters. The molecule has 1 fully saturated rings. The fourth-order valence-corrected chi connectivity index (χ4v) is 4.30. The SMILES string of the molecule is CC1(C)CCC(Cc2ccc(Cl)cc2OC(F)(F)F)C1(O)Cn1[nH]cnc1=S. The van der Waals surface area contributed by atoms with Crippen molar-refractivity contribution >= 4 is 23.8 Å². The normalized spacial score (nSPS) is 24.5. The number of aliphatic hydroxyl groups is 1. The van der Waals surface area contributed by atoms with E-state index in [0.717, 1.165) is 12.5 Å². The molecule has 1 saturated carbocycles. The Labute approximate surface area is 170 Å². The number of hydrogen-bond donors (Lipinski definition) is 2. The molecule has 2 atom stereocenters. The maximum Gasteiger partial charge on any atom is 0.573 e. The van der Waals surface area contributed by atoms with E-state index in [1.54, 1.807) is 4.68 Å². The van der Waals surface area contributed by atoms with Crippen molar-refractivity contribution in [2.75, 3.05) is 0 Å². The summed E-state index contributed by atoms with van der Waals surface area (Å²) >= 11 is 11.0. The van der Waals surface area contributed by atoms with E-state index in [2.05, 4.69) is 14.8 Å². The molecule has 0 saturated heterocycles. The van der Waals surface area contributed by atoms with E-state index < -0.39 is 17.4 Å². The summed E-state index contributed by atoms with van der Waals surface area (Å²) in [5, 5.41) is 14.6. The summed E-state index contributed by atoms with van der Waals surface area (Å²) in [6.07, 6.45) is -1.80. The molecule has 1 heterocycles. The van der Waals surface area contributed by atoms with E-state index in [9.17, 15) is 18.3 Å². The van der Waals surface area contributed by atoms with Crippen LogP contribution < -0.4 is 4.74 Å². The van der Waals surface area contributed by atoms with Crippen LogP contribution in [0.2, 0.25) is 5.02 Å². The Kier molecular flexibility index (Phi) is 5.55. The zero-order valence-electron chi connectivity index (χ0n) is 15.4. The van der Waals surface area contributed by atoms with Crippen molar-refractivity contribution in [3.8, 4) is 5.75 Å². The van der Waals surface area contributed by atoms with Gasteiger partial charge in [-0.25, -0.2) is 4.98 Å². The van der Waals surface area contributed by atoms with Crippen LogP contribution in [0.1, 0.15) is 32.3 Å². The van der Waals surface area contributed by atoms with Crippen LogP contribution in [0.4, 0.5) is 13.2 Å². The maximum absolute atomic E-state index is 12.8. The first-order chi connectivity index (χ1) is 12.9. The van der Waals surface area contributed by atoms with E-state index in [0.29, 0.717) is 16.8 Å². The quantitative estimate of drug-likeness (QED) is 0.655. The summed E-state index contributed by atoms with van der Waals surface area (Å²) in [5.74, 6) is -0.644. The van der Waals surface area contributed by atoms with E-state index in [1.807, 2.05) is 13.8 Å². The molecule has 1 aromatic heterocycles. The Morgan fingerprint density at radius 3 is 2.75 bits per heavy atom. The fourth-order valence-electron chi connectivity index (χ4n) is 3.97. The van der Waals surface area contributed by atoms with Gasteiger partial charge >= 0.3 is 6.36 Å². The molecule has 2 aromatic rings. The molecular formula is C18H21ClF3N3O2S. The number of H-pyrrole nitrogens is 1. The highest BCUT2D eigenvalue weighted by Gasteiger charge is 2.54. The maximum atomic E-state index is 12.8. The molecule has 0 spiro atoms. The van der Waals surface area contributed by atoms with Crippen molar-refractivity contribution in [1.82, 2.24) is 14.8 Å². The van der Waals surface area contributed by atoms with Gasteiger partial charge in [0.05, 0.1) is 12.1 Å². The summed E-state index contributed by atoms with van der Waals surface area (Å²) in [6, 6.07) is 4.18. The zero-order chi connectivity index (χ0) is 20.7. The van der Waals surface area contributed by atoms with E-state index in [4.69, 9.17) is 23.8 Å². The van der Waals surface area contributed by atoms with Crippen molar-refractivity contribution in [3.05, 3.63) is 39.9 Å². The van der Waals surface area contributed by atoms with Crippen molar-refractivity contribution in [2.45, 2.75) is 51.6 Å². The summed E-state index contributed by atoms with van der Waals surface area (Å²) in [7, 11) is 0. The first kappa shape index (κ1) is 21.1. The number of nitrogens with one attached hydrogen (secondary N) is 1. The van der Waals surface area contributed by atoms with E-state index in [-0.39, 0.29) is 29.7 Å². The van der Waals surface area contributed by atoms with Gasteiger partial charge in [-0.05, 0) is 60.5 Å². The predicted molar refractivity (Wildman–Crippen MR) is 101 cm³/mol. The molecular weight excluding hydrogens is 415 g/mol. The Balaban J connectivity index is 1.93. The number of aromatic nitrogens is 3. The van der Waals surface area contributed by atoms with Crippen LogP contribution in [0, 0.1) is 16.1 Å². The molecule has 1 aliphatic carbocycles. The number of halogens is 4. The fraction of sp³-hybridized carbons (Fsp3) is 0.556. The topological polar surface area (TPSA) is 63.1 Å². The zero-order valence-corrected chi connectivity index (χ0v) is 17.0. The molecule has 10 heteroatoms. The number of nitrogens with zero attached hydrogens (tertiary/aromatic N) is 2. The molecule has 0 radical (unpaired) electrons. The van der Waals surface area contributed by atoms with Gasteiger partial charge < -0.3 is 9.84 Å². The number of aromatic amines is 1. The van der Waals surface area contributed by atoms with Gasteiger partial charge in [0.2, 0.25) is 4.77 Å². The number of hydrogen-bond acceptors (Lipinski definition) is 4. The minimum Gasteiger partial charge on any atom is -0.405 e. The number of benzene rings is 1. The smallest absolute Gasteiger partial charge is 0.405 e. The van der Waals surface area contributed by atoms with Gasteiger partial charge in [-0.3, -0.25) is 9.78 Å². The van der Waals surface area contributed by atoms with Crippen LogP contribution in [0.25, 0.3) is 0 Å². The lowest BCUT2D eigenvalue weighted by atomic mass is 9.72. The van der Waals surface area contributed by atoms with E-state index in [1.165, 1.54) is 18.5 Å². The lowest BCUT2D eigenvalue weighted by Gasteiger charge is -2.41. The molecule has 1 aliphatic rings. The molecule has 3 rings (SSSR count). The Morgan fingerprint density at radius 1 is 1.43 bits per heavy atom. The lowest BCUT2D eigenvalue weighted by Crippen LogP contribution is -2.49. The lowest BCUT2D eigenvalue weighted by molar-refractivity contribution is -0.274. The molecule has 0 amide bonds. The molecule has 154 valence electrons. The average molecular weight is 436 g/mol. The summed E-state index contributed by atoms with van der Waals surface area (Å²) in [5.41, 5.74) is -1.32. The Hall–Kier alpha value is -1.58. The molecule has 2 N–H and O–H groups in total. The summed E-state index contributed by atoms with van der Waals surface area (Å²) in [4.78, 5) is 3.96. The van der Waals surface area contributed by atoms with Crippen molar-refractivity contribution in [2.24, 2.45) is 11.3 Å². The minimum absolute atomic E-state index is 0.147. The van der Waals surface area contributed by atoms with Gasteiger partial charge in [0.25, 0.3) is 0 Å². The third-order valence-corrected chi connectivity index (χ3v) is 6.27. The standard InChI is InChI=1S/C18H21ClF3N3O2S/c1-16(2)6-5-12(17(16,26)9-25-15(28)23-10-24-25)7-11-3-4-13(19)8-14(11)27-18(20,21)22/h3-4,8,10,12,26H,5-7,9H2,1-2H3,(H,23,24,28). The van der Waals surface area contributed by atoms with E-state index >= 15 is 0 Å². The van der Waals surface area contributed by atoms with Gasteiger partial charge in [-0.15, -0.1) is 13.2 Å². The van der Waals surface area contributed by atoms with Crippen molar-refractivity contribution < 1.29 is 23.0 Å². The Bertz CT molecular complexity index is 912. The number of alkyl halides is 3. The summed E-state index contributed by atoms with van der Waals surface area (Å²) in [6.45, 7) is 4.07. The second kappa shape index (κ2) is 7.35. The van der Waals surface area contributed by atoms with Crippen LogP contribution in [0.15, 0.2) is 24.5 Å². The van der Waals surface area contributed by atoms with Crippen LogP contribution in [-0.2, 0) is 13.0 Å². The second-order valence-corrected chi connectivity index (χ2v) is 8.61. The van der Waals surface area contributed by atoms with Crippen molar-refractivity contribution in [1.29, 1.82) is 0 Å². The second-order valence-electron chi connectivity index (χ2n) is 7.80. The Morgan fingerprint density at radius 2 is 2.14 bits per heavy atom. The van der Waals surface area contributed by atoms with Gasteiger partial charge in [0.1, 0.15) is 12.1 Å². The molecule has 0 bridgehead atoms. The van der Waals surface area contributed by atoms with Gasteiger partial charge in [0.15, 0.2) is 0 Å². The first-order valence-corrected chi connectivity index (χ1v) is 9.57. The number of ether oxygens (including phenoxy) is 1. The molecule has 5 nitrogen and oxygen atoms in total. The van der Waals surface area contributed by atoms with Gasteiger partial charge in [-0.2, -0.15) is 0 Å². The monoisotopic (exact) mass is 435 g/mol. The van der Waals surface area contributed by atoms with Crippen LogP contribution in [-0.4, -0.2) is 31.8 Å². The number of rotatable bonds is 5. The highest BCUT2D eigenvalue weighted by molar-refractivity contribution is 7.71. The highest BCUT2D eigenvalue weighted by Crippen LogP contribution is 2.52. The molecule has 0 aliphatic heterocycles. The third-order valence-electron chi connectivity index (χ3n) is 5.70. The van der Waals surface area contributed by atoms with Crippen LogP contribution in [0.3, 0.4) is 0 Å². The van der Waals surface area contributed by atoms with Crippen LogP contribution in [0.5, 0.6) is 5.75 Å². The van der Waals surface area contributed by atoms with Crippen molar-refractivity contribution in [3.63, 3.8) is 0 Å². The average Bonchev–Trinajstić information content (AvgIpc) is 3.04. The first-order valence-electron chi connectivity index (χ1n) is 8.78. The largest absolute Gasteiger partial charge is 0.573 e. The third kappa shape index (κ3) is 4.21. The highest BCUT2D eigenvalue weighted by atomic mass is 35.5. The van der Waals surface area contributed by atoms with Gasteiger partial charge in [-0.1, -0.05) is 31.5 Å². The van der Waals surface area contributed by atoms with Crippen LogP contribution >= 0.6 is 23.8 Å². The minimum atomic E-state index is -4.83.